The molecule has 0 aromatic rings. The highest BCUT2D eigenvalue weighted by molar-refractivity contribution is 7.88. The molecule has 0 bridgehead atoms. The van der Waals surface area contributed by atoms with Crippen molar-refractivity contribution < 1.29 is 13.2 Å². The Morgan fingerprint density at radius 1 is 1.28 bits per heavy atom. The molecule has 0 rings (SSSR count). The Morgan fingerprint density at radius 2 is 1.78 bits per heavy atom. The predicted molar refractivity (Wildman–Crippen MR) is 73.8 cm³/mol. The Morgan fingerprint density at radius 3 is 2.11 bits per heavy atom. The van der Waals surface area contributed by atoms with Gasteiger partial charge in [-0.15, -0.1) is 0 Å². The molecule has 0 atom stereocenters. The van der Waals surface area contributed by atoms with Crippen molar-refractivity contribution in [2.24, 2.45) is 5.92 Å². The fourth-order valence-corrected chi connectivity index (χ4v) is 2.17. The van der Waals surface area contributed by atoms with Crippen LogP contribution >= 0.6 is 0 Å². The van der Waals surface area contributed by atoms with Crippen LogP contribution in [0.15, 0.2) is 0 Å². The van der Waals surface area contributed by atoms with Crippen molar-refractivity contribution in [1.82, 2.24) is 9.62 Å². The largest absolute Gasteiger partial charge is 0.350 e. The van der Waals surface area contributed by atoms with Gasteiger partial charge in [-0.2, -0.15) is 4.31 Å². The first-order valence-corrected chi connectivity index (χ1v) is 8.03. The lowest BCUT2D eigenvalue weighted by Crippen LogP contribution is -2.47. The van der Waals surface area contributed by atoms with Crippen LogP contribution in [-0.2, 0) is 14.8 Å². The zero-order valence-corrected chi connectivity index (χ0v) is 13.1. The van der Waals surface area contributed by atoms with Crippen molar-refractivity contribution in [3.05, 3.63) is 0 Å². The minimum absolute atomic E-state index is 0.108. The van der Waals surface area contributed by atoms with Gasteiger partial charge in [0.25, 0.3) is 0 Å². The van der Waals surface area contributed by atoms with E-state index in [1.165, 1.54) is 4.31 Å². The lowest BCUT2D eigenvalue weighted by molar-refractivity contribution is -0.122. The molecule has 0 aromatic carbocycles. The SMILES string of the molecule is CC(C)CCN(CC(=O)NC(C)(C)C)S(C)(=O)=O. The van der Waals surface area contributed by atoms with E-state index >= 15 is 0 Å². The Kier molecular flexibility index (Phi) is 6.29. The molecule has 0 aromatic heterocycles. The van der Waals surface area contributed by atoms with E-state index in [1.807, 2.05) is 34.6 Å². The summed E-state index contributed by atoms with van der Waals surface area (Å²) in [4.78, 5) is 11.7. The van der Waals surface area contributed by atoms with E-state index in [0.717, 1.165) is 12.7 Å². The summed E-state index contributed by atoms with van der Waals surface area (Å²) in [6, 6.07) is 0. The first-order chi connectivity index (χ1) is 7.92. The summed E-state index contributed by atoms with van der Waals surface area (Å²) in [5, 5.41) is 2.76. The van der Waals surface area contributed by atoms with Crippen molar-refractivity contribution in [3.63, 3.8) is 0 Å². The van der Waals surface area contributed by atoms with E-state index in [4.69, 9.17) is 0 Å². The zero-order chi connectivity index (χ0) is 14.6. The van der Waals surface area contributed by atoms with Gasteiger partial charge >= 0.3 is 0 Å². The third-order valence-corrected chi connectivity index (χ3v) is 3.51. The van der Waals surface area contributed by atoms with Gasteiger partial charge in [-0.05, 0) is 33.1 Å². The fraction of sp³-hybridized carbons (Fsp3) is 0.917. The van der Waals surface area contributed by atoms with Gasteiger partial charge in [0.15, 0.2) is 0 Å². The summed E-state index contributed by atoms with van der Waals surface area (Å²) < 4.78 is 24.4. The Balaban J connectivity index is 4.57. The molecular weight excluding hydrogens is 252 g/mol. The Labute approximate surface area is 111 Å². The summed E-state index contributed by atoms with van der Waals surface area (Å²) in [5.41, 5.74) is -0.349. The van der Waals surface area contributed by atoms with Gasteiger partial charge in [0.2, 0.25) is 15.9 Å². The number of nitrogens with one attached hydrogen (secondary N) is 1. The highest BCUT2D eigenvalue weighted by atomic mass is 32.2. The van der Waals surface area contributed by atoms with Crippen LogP contribution in [-0.4, -0.2) is 43.5 Å². The average molecular weight is 278 g/mol. The van der Waals surface area contributed by atoms with Crippen LogP contribution in [0.2, 0.25) is 0 Å². The van der Waals surface area contributed by atoms with Crippen LogP contribution in [0.5, 0.6) is 0 Å². The molecule has 0 unspecified atom stereocenters. The van der Waals surface area contributed by atoms with Crippen LogP contribution in [0.25, 0.3) is 0 Å². The van der Waals surface area contributed by atoms with Crippen LogP contribution in [0.4, 0.5) is 0 Å². The summed E-state index contributed by atoms with van der Waals surface area (Å²) in [6.45, 7) is 9.92. The number of hydrogen-bond acceptors (Lipinski definition) is 3. The number of hydrogen-bond donors (Lipinski definition) is 1. The van der Waals surface area contributed by atoms with Crippen molar-refractivity contribution in [2.75, 3.05) is 19.3 Å². The smallest absolute Gasteiger partial charge is 0.235 e. The van der Waals surface area contributed by atoms with Crippen molar-refractivity contribution in [3.8, 4) is 0 Å². The molecule has 0 aliphatic rings. The quantitative estimate of drug-likeness (QED) is 0.794. The second-order valence-electron chi connectivity index (χ2n) is 6.08. The maximum Gasteiger partial charge on any atom is 0.235 e. The summed E-state index contributed by atoms with van der Waals surface area (Å²) >= 11 is 0. The molecule has 0 saturated carbocycles. The molecule has 0 aliphatic heterocycles. The third-order valence-electron chi connectivity index (χ3n) is 2.26. The molecule has 0 spiro atoms. The molecule has 0 heterocycles. The number of rotatable bonds is 6. The van der Waals surface area contributed by atoms with Gasteiger partial charge in [0, 0.05) is 12.1 Å². The normalized spacial score (nSPS) is 13.1. The highest BCUT2D eigenvalue weighted by Crippen LogP contribution is 2.06. The number of carbonyl (C=O) groups excluding carboxylic acids is 1. The monoisotopic (exact) mass is 278 g/mol. The summed E-state index contributed by atoms with van der Waals surface area (Å²) in [5.74, 6) is 0.136. The number of sulfonamides is 1. The van der Waals surface area contributed by atoms with Gasteiger partial charge in [-0.3, -0.25) is 4.79 Å². The second kappa shape index (κ2) is 6.52. The van der Waals surface area contributed by atoms with E-state index in [2.05, 4.69) is 5.32 Å². The van der Waals surface area contributed by atoms with E-state index < -0.39 is 10.0 Å². The number of amides is 1. The lowest BCUT2D eigenvalue weighted by atomic mass is 10.1. The zero-order valence-electron chi connectivity index (χ0n) is 12.3. The molecular formula is C12H26N2O3S. The molecule has 1 amide bonds. The topological polar surface area (TPSA) is 66.5 Å². The second-order valence-corrected chi connectivity index (χ2v) is 8.06. The molecule has 0 aliphatic carbocycles. The van der Waals surface area contributed by atoms with Crippen LogP contribution in [0.1, 0.15) is 41.0 Å². The third kappa shape index (κ3) is 8.47. The molecule has 0 radical (unpaired) electrons. The van der Waals surface area contributed by atoms with E-state index in [0.29, 0.717) is 12.5 Å². The van der Waals surface area contributed by atoms with Gasteiger partial charge in [-0.25, -0.2) is 8.42 Å². The molecule has 18 heavy (non-hydrogen) atoms. The van der Waals surface area contributed by atoms with Crippen LogP contribution in [0.3, 0.4) is 0 Å². The Hall–Kier alpha value is -0.620. The minimum Gasteiger partial charge on any atom is -0.350 e. The van der Waals surface area contributed by atoms with Crippen molar-refractivity contribution in [1.29, 1.82) is 0 Å². The molecule has 0 saturated heterocycles. The number of nitrogens with zero attached hydrogens (tertiary/aromatic N) is 1. The molecule has 5 nitrogen and oxygen atoms in total. The standard InChI is InChI=1S/C12H26N2O3S/c1-10(2)7-8-14(18(6,16)17)9-11(15)13-12(3,4)5/h10H,7-9H2,1-6H3,(H,13,15). The fourth-order valence-electron chi connectivity index (χ4n) is 1.38. The first kappa shape index (κ1) is 17.4. The Bertz CT molecular complexity index is 369. The predicted octanol–water partition coefficient (Wildman–Crippen LogP) is 1.21. The molecule has 1 N–H and O–H groups in total. The minimum atomic E-state index is -3.34. The first-order valence-electron chi connectivity index (χ1n) is 6.18. The highest BCUT2D eigenvalue weighted by Gasteiger charge is 2.22. The summed E-state index contributed by atoms with van der Waals surface area (Å²) in [6.07, 6.45) is 1.88. The van der Waals surface area contributed by atoms with E-state index in [1.54, 1.807) is 0 Å². The van der Waals surface area contributed by atoms with Crippen LogP contribution < -0.4 is 5.32 Å². The van der Waals surface area contributed by atoms with Crippen molar-refractivity contribution >= 4 is 15.9 Å². The van der Waals surface area contributed by atoms with E-state index in [9.17, 15) is 13.2 Å². The molecule has 6 heteroatoms. The van der Waals surface area contributed by atoms with Gasteiger partial charge < -0.3 is 5.32 Å². The summed E-state index contributed by atoms with van der Waals surface area (Å²) in [7, 11) is -3.34. The van der Waals surface area contributed by atoms with Gasteiger partial charge in [-0.1, -0.05) is 13.8 Å². The maximum atomic E-state index is 11.7. The molecule has 0 fully saturated rings. The van der Waals surface area contributed by atoms with Gasteiger partial charge in [0.1, 0.15) is 0 Å². The maximum absolute atomic E-state index is 11.7. The van der Waals surface area contributed by atoms with Crippen molar-refractivity contribution in [2.45, 2.75) is 46.6 Å². The average Bonchev–Trinajstić information content (AvgIpc) is 2.06. The van der Waals surface area contributed by atoms with E-state index in [-0.39, 0.29) is 18.0 Å². The van der Waals surface area contributed by atoms with Crippen LogP contribution in [0, 0.1) is 5.92 Å². The molecule has 108 valence electrons. The lowest BCUT2D eigenvalue weighted by Gasteiger charge is -2.24. The number of carbonyl (C=O) groups is 1. The van der Waals surface area contributed by atoms with Gasteiger partial charge in [0.05, 0.1) is 12.8 Å².